The van der Waals surface area contributed by atoms with Crippen molar-refractivity contribution in [1.29, 1.82) is 0 Å². The van der Waals surface area contributed by atoms with Gasteiger partial charge in [-0.05, 0) is 105 Å². The summed E-state index contributed by atoms with van der Waals surface area (Å²) < 4.78 is 13.8. The van der Waals surface area contributed by atoms with E-state index >= 15 is 0 Å². The van der Waals surface area contributed by atoms with Gasteiger partial charge in [0, 0.05) is 11.1 Å². The maximum atomic E-state index is 12.6. The van der Waals surface area contributed by atoms with Crippen LogP contribution in [0.2, 0.25) is 0 Å². The van der Waals surface area contributed by atoms with Gasteiger partial charge in [-0.3, -0.25) is 0 Å². The number of nitrogens with one attached hydrogen (secondary N) is 1. The molecule has 43 heavy (non-hydrogen) atoms. The minimum absolute atomic E-state index is 0.0440. The number of rotatable bonds is 9. The number of aryl methyl sites for hydroxylation is 2. The summed E-state index contributed by atoms with van der Waals surface area (Å²) >= 11 is 0. The molecule has 0 saturated carbocycles. The Hall–Kier alpha value is -3.97. The number of piperidine rings is 1. The predicted octanol–water partition coefficient (Wildman–Crippen LogP) is 7.33. The standard InChI is InChI=1S/C36H42N4O3/c1-5-24-21-27(14-15-28(24)25-17-19-37-20-18-25)43-32-16-13-26-9-7-10-29(34(26)32)31-11-8-12-33(39-31)40-35(23(3)4)30(22-38-40)36(41)42-6-2/h7-12,14-15,21-23,25,32,37H,5-6,13,16-20H2,1-4H3/t32-/m0/s1. The second-order valence-corrected chi connectivity index (χ2v) is 11.9. The van der Waals surface area contributed by atoms with Crippen molar-refractivity contribution in [3.8, 4) is 22.8 Å². The summed E-state index contributed by atoms with van der Waals surface area (Å²) in [5.41, 5.74) is 8.62. The quantitative estimate of drug-likeness (QED) is 0.210. The van der Waals surface area contributed by atoms with Gasteiger partial charge < -0.3 is 14.8 Å². The lowest BCUT2D eigenvalue weighted by molar-refractivity contribution is 0.0524. The molecule has 3 heterocycles. The van der Waals surface area contributed by atoms with Gasteiger partial charge in [-0.25, -0.2) is 14.5 Å². The van der Waals surface area contributed by atoms with E-state index < -0.39 is 0 Å². The largest absolute Gasteiger partial charge is 0.486 e. The molecule has 2 aromatic carbocycles. The normalized spacial score (nSPS) is 16.8. The van der Waals surface area contributed by atoms with E-state index in [1.54, 1.807) is 10.9 Å². The average Bonchev–Trinajstić information content (AvgIpc) is 3.67. The lowest BCUT2D eigenvalue weighted by atomic mass is 9.86. The number of ether oxygens (including phenoxy) is 2. The van der Waals surface area contributed by atoms with E-state index in [4.69, 9.17) is 14.5 Å². The van der Waals surface area contributed by atoms with Gasteiger partial charge >= 0.3 is 5.97 Å². The summed E-state index contributed by atoms with van der Waals surface area (Å²) in [6, 6.07) is 19.2. The maximum Gasteiger partial charge on any atom is 0.341 e. The first-order chi connectivity index (χ1) is 21.0. The summed E-state index contributed by atoms with van der Waals surface area (Å²) in [6.45, 7) is 10.7. The van der Waals surface area contributed by atoms with Crippen molar-refractivity contribution in [1.82, 2.24) is 20.1 Å². The highest BCUT2D eigenvalue weighted by Gasteiger charge is 2.29. The van der Waals surface area contributed by atoms with Crippen molar-refractivity contribution in [3.63, 3.8) is 0 Å². The minimum Gasteiger partial charge on any atom is -0.486 e. The first-order valence-corrected chi connectivity index (χ1v) is 15.8. The molecule has 1 atom stereocenters. The van der Waals surface area contributed by atoms with Gasteiger partial charge in [0.05, 0.1) is 24.2 Å². The maximum absolute atomic E-state index is 12.6. The van der Waals surface area contributed by atoms with Crippen LogP contribution in [0.1, 0.15) is 103 Å². The van der Waals surface area contributed by atoms with Crippen LogP contribution in [0.15, 0.2) is 60.8 Å². The van der Waals surface area contributed by atoms with Crippen LogP contribution in [0.5, 0.6) is 5.75 Å². The lowest BCUT2D eigenvalue weighted by Crippen LogP contribution is -2.27. The lowest BCUT2D eigenvalue weighted by Gasteiger charge is -2.26. The number of hydrogen-bond acceptors (Lipinski definition) is 6. The number of aromatic nitrogens is 3. The third-order valence-corrected chi connectivity index (χ3v) is 8.82. The highest BCUT2D eigenvalue weighted by atomic mass is 16.5. The highest BCUT2D eigenvalue weighted by molar-refractivity contribution is 5.90. The summed E-state index contributed by atoms with van der Waals surface area (Å²) in [7, 11) is 0. The van der Waals surface area contributed by atoms with Gasteiger partial charge in [-0.2, -0.15) is 5.10 Å². The molecule has 1 aliphatic heterocycles. The third-order valence-electron chi connectivity index (χ3n) is 8.82. The summed E-state index contributed by atoms with van der Waals surface area (Å²) in [4.78, 5) is 17.7. The van der Waals surface area contributed by atoms with E-state index in [1.165, 1.54) is 35.1 Å². The third kappa shape index (κ3) is 5.83. The number of carbonyl (C=O) groups excluding carboxylic acids is 1. The van der Waals surface area contributed by atoms with E-state index in [0.29, 0.717) is 23.9 Å². The zero-order valence-corrected chi connectivity index (χ0v) is 25.7. The van der Waals surface area contributed by atoms with E-state index in [9.17, 15) is 4.79 Å². The molecule has 2 aromatic heterocycles. The SMILES string of the molecule is CCOC(=O)c1cnn(-c2cccc(-c3cccc4c3[C@@H](Oc3ccc(C5CCNCC5)c(CC)c3)CC4)n2)c1C(C)C. The van der Waals surface area contributed by atoms with Gasteiger partial charge in [0.25, 0.3) is 0 Å². The van der Waals surface area contributed by atoms with Crippen LogP contribution < -0.4 is 10.1 Å². The number of benzene rings is 2. The molecular formula is C36H42N4O3. The Morgan fingerprint density at radius 1 is 1.05 bits per heavy atom. The topological polar surface area (TPSA) is 78.3 Å². The molecule has 1 N–H and O–H groups in total. The first kappa shape index (κ1) is 29.1. The fourth-order valence-corrected chi connectivity index (χ4v) is 6.79. The van der Waals surface area contributed by atoms with E-state index in [1.807, 2.05) is 25.1 Å². The number of carbonyl (C=O) groups is 1. The second-order valence-electron chi connectivity index (χ2n) is 11.9. The van der Waals surface area contributed by atoms with E-state index in [-0.39, 0.29) is 18.0 Å². The van der Waals surface area contributed by atoms with Crippen LogP contribution in [-0.2, 0) is 17.6 Å². The molecule has 224 valence electrons. The molecule has 6 rings (SSSR count). The summed E-state index contributed by atoms with van der Waals surface area (Å²) in [5.74, 6) is 1.94. The predicted molar refractivity (Wildman–Crippen MR) is 169 cm³/mol. The molecule has 4 aromatic rings. The molecular weight excluding hydrogens is 536 g/mol. The first-order valence-electron chi connectivity index (χ1n) is 15.8. The van der Waals surface area contributed by atoms with Gasteiger partial charge in [-0.15, -0.1) is 0 Å². The van der Waals surface area contributed by atoms with Crippen LogP contribution in [0.4, 0.5) is 0 Å². The molecule has 1 saturated heterocycles. The van der Waals surface area contributed by atoms with Crippen molar-refractivity contribution in [2.24, 2.45) is 0 Å². The molecule has 0 unspecified atom stereocenters. The molecule has 0 bridgehead atoms. The Labute approximate surface area is 254 Å². The zero-order valence-electron chi connectivity index (χ0n) is 25.7. The fraction of sp³-hybridized carbons (Fsp3) is 0.417. The second kappa shape index (κ2) is 12.7. The number of nitrogens with zero attached hydrogens (tertiary/aromatic N) is 3. The summed E-state index contributed by atoms with van der Waals surface area (Å²) in [6.07, 6.45) is 6.84. The molecule has 7 nitrogen and oxygen atoms in total. The average molecular weight is 579 g/mol. The molecule has 0 radical (unpaired) electrons. The molecule has 0 amide bonds. The van der Waals surface area contributed by atoms with Crippen molar-refractivity contribution in [2.75, 3.05) is 19.7 Å². The number of esters is 1. The molecule has 1 aliphatic carbocycles. The monoisotopic (exact) mass is 578 g/mol. The highest BCUT2D eigenvalue weighted by Crippen LogP contribution is 2.42. The van der Waals surface area contributed by atoms with Crippen molar-refractivity contribution < 1.29 is 14.3 Å². The molecule has 2 aliphatic rings. The number of fused-ring (bicyclic) bond motifs is 1. The minimum atomic E-state index is -0.357. The van der Waals surface area contributed by atoms with Gasteiger partial charge in [0.1, 0.15) is 17.4 Å². The Kier molecular flexibility index (Phi) is 8.61. The van der Waals surface area contributed by atoms with E-state index in [2.05, 4.69) is 67.6 Å². The van der Waals surface area contributed by atoms with Crippen LogP contribution >= 0.6 is 0 Å². The van der Waals surface area contributed by atoms with Gasteiger partial charge in [0.2, 0.25) is 0 Å². The van der Waals surface area contributed by atoms with Crippen molar-refractivity contribution in [2.45, 2.75) is 77.7 Å². The van der Waals surface area contributed by atoms with Gasteiger partial charge in [-0.1, -0.05) is 51.1 Å². The Bertz CT molecular complexity index is 1600. The zero-order chi connectivity index (χ0) is 29.9. The van der Waals surface area contributed by atoms with Crippen LogP contribution in [0.3, 0.4) is 0 Å². The Morgan fingerprint density at radius 3 is 2.63 bits per heavy atom. The number of hydrogen-bond donors (Lipinski definition) is 1. The fourth-order valence-electron chi connectivity index (χ4n) is 6.79. The van der Waals surface area contributed by atoms with Crippen LogP contribution in [-0.4, -0.2) is 40.4 Å². The van der Waals surface area contributed by atoms with E-state index in [0.717, 1.165) is 55.1 Å². The van der Waals surface area contributed by atoms with Crippen LogP contribution in [0, 0.1) is 0 Å². The smallest absolute Gasteiger partial charge is 0.341 e. The van der Waals surface area contributed by atoms with Crippen LogP contribution in [0.25, 0.3) is 17.1 Å². The number of pyridine rings is 1. The van der Waals surface area contributed by atoms with Crippen molar-refractivity contribution >= 4 is 5.97 Å². The van der Waals surface area contributed by atoms with Crippen molar-refractivity contribution in [3.05, 3.63) is 94.3 Å². The summed E-state index contributed by atoms with van der Waals surface area (Å²) in [5, 5.41) is 8.06. The Morgan fingerprint density at radius 2 is 1.86 bits per heavy atom. The Balaban J connectivity index is 1.31. The molecule has 1 fully saturated rings. The molecule has 0 spiro atoms. The van der Waals surface area contributed by atoms with Gasteiger partial charge in [0.15, 0.2) is 5.82 Å². The molecule has 7 heteroatoms.